The summed E-state index contributed by atoms with van der Waals surface area (Å²) >= 11 is 0. The standard InChI is InChI=1S/C28H37NO8/c1-17(2)6-9-28(32,15-23(30)34-4)26(31)37-25-22(33-3)14-27-8-5-10-29(27)11-7-18-12-20-21(36-16-35-20)13-19(18)24(25)27/h12-14,17,24-25,32H,5-11,15-16H2,1-4H3/t24-,25-,27+,28?/m1/s1. The van der Waals surface area contributed by atoms with Gasteiger partial charge in [0.1, 0.15) is 5.76 Å². The molecule has 1 aromatic carbocycles. The monoisotopic (exact) mass is 515 g/mol. The van der Waals surface area contributed by atoms with Crippen molar-refractivity contribution in [2.75, 3.05) is 34.1 Å². The SMILES string of the molecule is COC(=O)CC(O)(CCC(C)C)C(=O)O[C@@H]1C(OC)=C[C@]23CCCN2CCc2cc4c(cc2[C@H]13)OCO4. The smallest absolute Gasteiger partial charge is 0.339 e. The van der Waals surface area contributed by atoms with E-state index in [0.29, 0.717) is 17.9 Å². The number of carbonyl (C=O) groups excluding carboxylic acids is 2. The third-order valence-corrected chi connectivity index (χ3v) is 8.38. The second-order valence-electron chi connectivity index (χ2n) is 11.0. The van der Waals surface area contributed by atoms with Gasteiger partial charge < -0.3 is 28.8 Å². The number of hydrogen-bond donors (Lipinski definition) is 1. The van der Waals surface area contributed by atoms with Crippen LogP contribution >= 0.6 is 0 Å². The van der Waals surface area contributed by atoms with Gasteiger partial charge in [0.2, 0.25) is 6.79 Å². The molecule has 9 nitrogen and oxygen atoms in total. The molecule has 0 saturated carbocycles. The topological polar surface area (TPSA) is 104 Å². The average molecular weight is 516 g/mol. The Morgan fingerprint density at radius 3 is 2.68 bits per heavy atom. The third-order valence-electron chi connectivity index (χ3n) is 8.38. The number of hydrogen-bond acceptors (Lipinski definition) is 9. The Kier molecular flexibility index (Phi) is 6.87. The van der Waals surface area contributed by atoms with E-state index in [2.05, 4.69) is 11.0 Å². The fraction of sp³-hybridized carbons (Fsp3) is 0.643. The van der Waals surface area contributed by atoms with Crippen molar-refractivity contribution in [2.24, 2.45) is 5.92 Å². The first-order valence-electron chi connectivity index (χ1n) is 13.2. The van der Waals surface area contributed by atoms with Gasteiger partial charge in [-0.05, 0) is 73.9 Å². The first-order valence-corrected chi connectivity index (χ1v) is 13.2. The molecule has 1 saturated heterocycles. The van der Waals surface area contributed by atoms with Crippen molar-refractivity contribution in [3.8, 4) is 11.5 Å². The maximum atomic E-state index is 13.7. The number of benzene rings is 1. The summed E-state index contributed by atoms with van der Waals surface area (Å²) in [6.07, 6.45) is 4.26. The Hall–Kier alpha value is -2.78. The predicted molar refractivity (Wildman–Crippen MR) is 133 cm³/mol. The highest BCUT2D eigenvalue weighted by molar-refractivity contribution is 5.86. The van der Waals surface area contributed by atoms with Gasteiger partial charge in [0.05, 0.1) is 32.1 Å². The fourth-order valence-electron chi connectivity index (χ4n) is 6.42. The Morgan fingerprint density at radius 1 is 1.22 bits per heavy atom. The molecule has 1 aromatic rings. The maximum Gasteiger partial charge on any atom is 0.339 e. The van der Waals surface area contributed by atoms with Crippen LogP contribution in [0.25, 0.3) is 0 Å². The minimum absolute atomic E-state index is 0.0918. The number of carbonyl (C=O) groups is 2. The first kappa shape index (κ1) is 25.9. The molecule has 0 radical (unpaired) electrons. The van der Waals surface area contributed by atoms with Crippen molar-refractivity contribution in [1.82, 2.24) is 4.90 Å². The second-order valence-corrected chi connectivity index (χ2v) is 11.0. The van der Waals surface area contributed by atoms with Crippen LogP contribution in [-0.4, -0.2) is 73.3 Å². The lowest BCUT2D eigenvalue weighted by molar-refractivity contribution is -0.178. The van der Waals surface area contributed by atoms with Gasteiger partial charge >= 0.3 is 11.9 Å². The zero-order chi connectivity index (χ0) is 26.4. The van der Waals surface area contributed by atoms with Crippen molar-refractivity contribution in [3.05, 3.63) is 35.1 Å². The number of rotatable bonds is 8. The van der Waals surface area contributed by atoms with Crippen molar-refractivity contribution in [2.45, 2.75) is 75.5 Å². The van der Waals surface area contributed by atoms with Gasteiger partial charge in [0.25, 0.3) is 0 Å². The first-order chi connectivity index (χ1) is 17.7. The lowest BCUT2D eigenvalue weighted by Gasteiger charge is -2.39. The molecular formula is C28H37NO8. The number of fused-ring (bicyclic) bond motifs is 3. The van der Waals surface area contributed by atoms with Crippen LogP contribution in [-0.2, 0) is 30.2 Å². The van der Waals surface area contributed by atoms with E-state index in [4.69, 9.17) is 23.7 Å². The van der Waals surface area contributed by atoms with E-state index in [0.717, 1.165) is 49.2 Å². The molecule has 3 aliphatic heterocycles. The maximum absolute atomic E-state index is 13.7. The largest absolute Gasteiger partial charge is 0.497 e. The van der Waals surface area contributed by atoms with Crippen molar-refractivity contribution >= 4 is 11.9 Å². The van der Waals surface area contributed by atoms with E-state index >= 15 is 0 Å². The molecule has 0 bridgehead atoms. The summed E-state index contributed by atoms with van der Waals surface area (Å²) in [4.78, 5) is 28.3. The van der Waals surface area contributed by atoms with Gasteiger partial charge in [-0.15, -0.1) is 0 Å². The van der Waals surface area contributed by atoms with Crippen LogP contribution in [0, 0.1) is 5.92 Å². The molecule has 4 atom stereocenters. The number of esters is 2. The van der Waals surface area contributed by atoms with E-state index in [9.17, 15) is 14.7 Å². The van der Waals surface area contributed by atoms with Crippen molar-refractivity contribution < 1.29 is 38.4 Å². The average Bonchev–Trinajstić information content (AvgIpc) is 3.56. The van der Waals surface area contributed by atoms with Crippen LogP contribution in [0.4, 0.5) is 0 Å². The summed E-state index contributed by atoms with van der Waals surface area (Å²) < 4.78 is 28.1. The van der Waals surface area contributed by atoms with Gasteiger partial charge in [-0.3, -0.25) is 9.69 Å². The minimum atomic E-state index is -2.00. The van der Waals surface area contributed by atoms with Gasteiger partial charge in [0, 0.05) is 6.54 Å². The predicted octanol–water partition coefficient (Wildman–Crippen LogP) is 3.08. The number of nitrogens with zero attached hydrogens (tertiary/aromatic N) is 1. The second kappa shape index (κ2) is 9.83. The molecule has 0 aromatic heterocycles. The summed E-state index contributed by atoms with van der Waals surface area (Å²) in [5.41, 5.74) is -0.217. The van der Waals surface area contributed by atoms with E-state index in [1.807, 2.05) is 26.0 Å². The summed E-state index contributed by atoms with van der Waals surface area (Å²) in [6.45, 7) is 5.97. The molecule has 1 fully saturated rings. The summed E-state index contributed by atoms with van der Waals surface area (Å²) in [6, 6.07) is 4.05. The van der Waals surface area contributed by atoms with E-state index in [-0.39, 0.29) is 30.6 Å². The lowest BCUT2D eigenvalue weighted by atomic mass is 9.77. The molecule has 1 N–H and O–H groups in total. The van der Waals surface area contributed by atoms with Gasteiger partial charge in [-0.25, -0.2) is 4.79 Å². The Bertz CT molecular complexity index is 1100. The van der Waals surface area contributed by atoms with Crippen molar-refractivity contribution in [1.29, 1.82) is 0 Å². The highest BCUT2D eigenvalue weighted by Crippen LogP contribution is 2.55. The van der Waals surface area contributed by atoms with Crippen LogP contribution in [0.3, 0.4) is 0 Å². The normalized spacial score (nSPS) is 27.5. The third kappa shape index (κ3) is 4.46. The Labute approximate surface area is 217 Å². The summed E-state index contributed by atoms with van der Waals surface area (Å²) in [5, 5.41) is 11.4. The van der Waals surface area contributed by atoms with E-state index in [1.165, 1.54) is 7.11 Å². The lowest BCUT2D eigenvalue weighted by Crippen LogP contribution is -2.49. The van der Waals surface area contributed by atoms with Crippen LogP contribution in [0.1, 0.15) is 63.0 Å². The molecule has 4 aliphatic rings. The van der Waals surface area contributed by atoms with Gasteiger partial charge in [0.15, 0.2) is 23.2 Å². The molecule has 1 aliphatic carbocycles. The number of methoxy groups -OCH3 is 2. The molecule has 37 heavy (non-hydrogen) atoms. The highest BCUT2D eigenvalue weighted by atomic mass is 16.7. The van der Waals surface area contributed by atoms with E-state index in [1.54, 1.807) is 7.11 Å². The highest BCUT2D eigenvalue weighted by Gasteiger charge is 2.59. The zero-order valence-electron chi connectivity index (χ0n) is 22.1. The quantitative estimate of drug-likeness (QED) is 0.523. The molecule has 1 spiro atoms. The van der Waals surface area contributed by atoms with Crippen LogP contribution in [0.5, 0.6) is 11.5 Å². The summed E-state index contributed by atoms with van der Waals surface area (Å²) in [5.74, 6) is 0.431. The molecule has 1 unspecified atom stereocenters. The molecule has 202 valence electrons. The summed E-state index contributed by atoms with van der Waals surface area (Å²) in [7, 11) is 2.82. The molecular weight excluding hydrogens is 478 g/mol. The molecule has 0 amide bonds. The van der Waals surface area contributed by atoms with Crippen molar-refractivity contribution in [3.63, 3.8) is 0 Å². The molecule has 5 rings (SSSR count). The van der Waals surface area contributed by atoms with Gasteiger partial charge in [-0.1, -0.05) is 13.8 Å². The molecule has 3 heterocycles. The zero-order valence-corrected chi connectivity index (χ0v) is 22.1. The number of aliphatic hydroxyl groups is 1. The number of ether oxygens (including phenoxy) is 5. The Balaban J connectivity index is 1.54. The van der Waals surface area contributed by atoms with Crippen LogP contribution in [0.2, 0.25) is 0 Å². The molecule has 9 heteroatoms. The minimum Gasteiger partial charge on any atom is -0.497 e. The van der Waals surface area contributed by atoms with Crippen LogP contribution < -0.4 is 9.47 Å². The van der Waals surface area contributed by atoms with Gasteiger partial charge in [-0.2, -0.15) is 0 Å². The van der Waals surface area contributed by atoms with E-state index < -0.39 is 30.1 Å². The van der Waals surface area contributed by atoms with Crippen LogP contribution in [0.15, 0.2) is 24.0 Å². The Morgan fingerprint density at radius 2 is 1.97 bits per heavy atom. The fourth-order valence-corrected chi connectivity index (χ4v) is 6.42.